The second kappa shape index (κ2) is 12.8. The van der Waals surface area contributed by atoms with Gasteiger partial charge < -0.3 is 34.3 Å². The lowest BCUT2D eigenvalue weighted by Crippen LogP contribution is -2.68. The first-order valence-corrected chi connectivity index (χ1v) is 13.5. The molecule has 2 saturated heterocycles. The number of anilines is 1. The molecule has 0 aromatic heterocycles. The molecule has 5 rings (SSSR count). The number of carbonyl (C=O) groups is 1. The summed E-state index contributed by atoms with van der Waals surface area (Å²) in [6.07, 6.45) is -4.78. The zero-order chi connectivity index (χ0) is 28.1. The summed E-state index contributed by atoms with van der Waals surface area (Å²) in [5.74, 6) is 0.559. The Kier molecular flexibility index (Phi) is 8.98. The molecule has 2 fully saturated rings. The minimum absolute atomic E-state index is 0.0937. The topological polar surface area (TPSA) is 118 Å². The van der Waals surface area contributed by atoms with Crippen molar-refractivity contribution in [2.75, 3.05) is 18.6 Å². The predicted octanol–water partition coefficient (Wildman–Crippen LogP) is 2.91. The maximum Gasteiger partial charge on any atom is 0.236 e. The molecule has 0 aliphatic carbocycles. The Bertz CT molecular complexity index is 1230. The Balaban J connectivity index is 1.38. The summed E-state index contributed by atoms with van der Waals surface area (Å²) >= 11 is 0. The third-order valence-corrected chi connectivity index (χ3v) is 7.44. The molecular weight excluding hydrogens is 514 g/mol. The van der Waals surface area contributed by atoms with Crippen molar-refractivity contribution in [3.63, 3.8) is 0 Å². The fourth-order valence-electron chi connectivity index (χ4n) is 5.22. The van der Waals surface area contributed by atoms with E-state index in [4.69, 9.17) is 18.9 Å². The van der Waals surface area contributed by atoms with Crippen LogP contribution >= 0.6 is 0 Å². The Morgan fingerprint density at radius 3 is 2.20 bits per heavy atom. The molecule has 0 spiro atoms. The highest BCUT2D eigenvalue weighted by atomic mass is 16.7. The van der Waals surface area contributed by atoms with E-state index in [0.717, 1.165) is 12.8 Å². The van der Waals surface area contributed by atoms with Gasteiger partial charge in [-0.1, -0.05) is 48.5 Å². The second-order valence-electron chi connectivity index (χ2n) is 10.0. The number of β-lactam (4-membered cyclic amide) rings is 1. The summed E-state index contributed by atoms with van der Waals surface area (Å²) in [4.78, 5) is 15.0. The van der Waals surface area contributed by atoms with E-state index in [1.807, 2.05) is 24.3 Å². The van der Waals surface area contributed by atoms with Crippen LogP contribution < -0.4 is 14.4 Å². The highest BCUT2D eigenvalue weighted by molar-refractivity contribution is 6.02. The minimum atomic E-state index is -1.43. The van der Waals surface area contributed by atoms with E-state index >= 15 is 0 Å². The monoisotopic (exact) mass is 549 g/mol. The average molecular weight is 550 g/mol. The van der Waals surface area contributed by atoms with Gasteiger partial charge in [-0.3, -0.25) is 9.69 Å². The van der Waals surface area contributed by atoms with Crippen LogP contribution in [0.15, 0.2) is 84.9 Å². The lowest BCUT2D eigenvalue weighted by molar-refractivity contribution is -0.300. The van der Waals surface area contributed by atoms with E-state index in [0.29, 0.717) is 23.6 Å². The molecule has 9 nitrogen and oxygen atoms in total. The van der Waals surface area contributed by atoms with Crippen LogP contribution in [-0.2, 0) is 20.7 Å². The first-order valence-electron chi connectivity index (χ1n) is 13.5. The van der Waals surface area contributed by atoms with Gasteiger partial charge in [0.2, 0.25) is 12.2 Å². The molecule has 0 saturated carbocycles. The molecule has 212 valence electrons. The number of benzene rings is 3. The summed E-state index contributed by atoms with van der Waals surface area (Å²) in [5, 5.41) is 31.5. The summed E-state index contributed by atoms with van der Waals surface area (Å²) in [6, 6.07) is 26.0. The lowest BCUT2D eigenvalue weighted by Gasteiger charge is -2.50. The fraction of sp³-hybridized carbons (Fsp3) is 0.387. The molecule has 1 amide bonds. The number of hydrogen-bond acceptors (Lipinski definition) is 8. The summed E-state index contributed by atoms with van der Waals surface area (Å²) in [6.45, 7) is -0.512. The van der Waals surface area contributed by atoms with Crippen LogP contribution in [0.3, 0.4) is 0 Å². The maximum atomic E-state index is 13.4. The molecule has 2 heterocycles. The number of nitrogens with zero attached hydrogens (tertiary/aromatic N) is 1. The summed E-state index contributed by atoms with van der Waals surface area (Å²) in [7, 11) is 1.57. The molecule has 3 aromatic carbocycles. The van der Waals surface area contributed by atoms with Crippen molar-refractivity contribution in [2.24, 2.45) is 5.92 Å². The Hall–Kier alpha value is -3.47. The van der Waals surface area contributed by atoms with Crippen molar-refractivity contribution in [3.8, 4) is 11.5 Å². The van der Waals surface area contributed by atoms with Crippen molar-refractivity contribution in [2.45, 2.75) is 56.2 Å². The maximum absolute atomic E-state index is 13.4. The van der Waals surface area contributed by atoms with Crippen LogP contribution in [0.25, 0.3) is 0 Å². The van der Waals surface area contributed by atoms with Gasteiger partial charge in [0.25, 0.3) is 0 Å². The predicted molar refractivity (Wildman–Crippen MR) is 147 cm³/mol. The third kappa shape index (κ3) is 5.99. The molecule has 9 heteroatoms. The van der Waals surface area contributed by atoms with Crippen LogP contribution in [-0.4, -0.2) is 71.9 Å². The molecule has 3 N–H and O–H groups in total. The smallest absolute Gasteiger partial charge is 0.236 e. The molecule has 2 aliphatic heterocycles. The van der Waals surface area contributed by atoms with Crippen molar-refractivity contribution in [1.82, 2.24) is 0 Å². The highest BCUT2D eigenvalue weighted by Gasteiger charge is 2.54. The number of para-hydroxylation sites is 1. The van der Waals surface area contributed by atoms with Gasteiger partial charge in [-0.15, -0.1) is 0 Å². The van der Waals surface area contributed by atoms with Crippen LogP contribution in [0.2, 0.25) is 0 Å². The Morgan fingerprint density at radius 2 is 1.55 bits per heavy atom. The lowest BCUT2D eigenvalue weighted by atomic mass is 9.88. The standard InChI is InChI=1S/C31H35NO8/c1-37-22-17-15-21(16-18-22)32-29(36)24(14-8-11-20-9-4-2-5-10-20)30(32)40-28-27(35)26(34)25(19-33)39-31(28)38-23-12-6-3-7-13-23/h2-7,9-10,12-13,15-18,24-28,30-31,33-35H,8,11,14,19H2,1H3/t24-,25+,26+,27-,28+,30-,31-/m0/s1. The number of carbonyl (C=O) groups excluding carboxylic acids is 1. The van der Waals surface area contributed by atoms with Gasteiger partial charge in [-0.2, -0.15) is 0 Å². The van der Waals surface area contributed by atoms with Crippen LogP contribution in [0, 0.1) is 5.92 Å². The summed E-state index contributed by atoms with van der Waals surface area (Å²) < 4.78 is 23.5. The normalized spacial score (nSPS) is 28.1. The van der Waals surface area contributed by atoms with Gasteiger partial charge in [0.15, 0.2) is 6.10 Å². The number of aliphatic hydroxyl groups excluding tert-OH is 3. The van der Waals surface area contributed by atoms with Crippen molar-refractivity contribution in [3.05, 3.63) is 90.5 Å². The molecule has 7 atom stereocenters. The van der Waals surface area contributed by atoms with Crippen molar-refractivity contribution in [1.29, 1.82) is 0 Å². The van der Waals surface area contributed by atoms with E-state index in [-0.39, 0.29) is 5.91 Å². The molecule has 0 radical (unpaired) electrons. The van der Waals surface area contributed by atoms with Gasteiger partial charge in [0.05, 0.1) is 19.6 Å². The fourth-order valence-corrected chi connectivity index (χ4v) is 5.22. The van der Waals surface area contributed by atoms with Gasteiger partial charge >= 0.3 is 0 Å². The molecular formula is C31H35NO8. The number of rotatable bonds is 11. The van der Waals surface area contributed by atoms with Crippen molar-refractivity contribution < 1.29 is 39.1 Å². The SMILES string of the molecule is COc1ccc(N2C(=O)[C@H](CCCc3ccccc3)[C@@H]2O[C@H]2[C@@H](Oc3ccccc3)O[C@H](CO)[C@@H](O)[C@@H]2O)cc1. The average Bonchev–Trinajstić information content (AvgIpc) is 2.99. The van der Waals surface area contributed by atoms with E-state index in [1.54, 1.807) is 60.5 Å². The number of aliphatic hydroxyl groups is 3. The number of amides is 1. The minimum Gasteiger partial charge on any atom is -0.497 e. The zero-order valence-electron chi connectivity index (χ0n) is 22.3. The summed E-state index contributed by atoms with van der Waals surface area (Å²) in [5.41, 5.74) is 1.81. The van der Waals surface area contributed by atoms with Crippen LogP contribution in [0.5, 0.6) is 11.5 Å². The van der Waals surface area contributed by atoms with E-state index in [1.165, 1.54) is 5.56 Å². The number of hydrogen-bond donors (Lipinski definition) is 3. The highest BCUT2D eigenvalue weighted by Crippen LogP contribution is 2.39. The van der Waals surface area contributed by atoms with Gasteiger partial charge in [-0.05, 0) is 61.2 Å². The Labute approximate surface area is 233 Å². The zero-order valence-corrected chi connectivity index (χ0v) is 22.3. The van der Waals surface area contributed by atoms with E-state index < -0.39 is 49.5 Å². The quantitative estimate of drug-likeness (QED) is 0.313. The van der Waals surface area contributed by atoms with Gasteiger partial charge in [0.1, 0.15) is 36.0 Å². The van der Waals surface area contributed by atoms with Crippen molar-refractivity contribution >= 4 is 11.6 Å². The third-order valence-electron chi connectivity index (χ3n) is 7.44. The van der Waals surface area contributed by atoms with Gasteiger partial charge in [0, 0.05) is 5.69 Å². The molecule has 40 heavy (non-hydrogen) atoms. The first kappa shape index (κ1) is 28.1. The molecule has 0 unspecified atom stereocenters. The molecule has 2 aliphatic rings. The number of ether oxygens (including phenoxy) is 4. The Morgan fingerprint density at radius 1 is 0.875 bits per heavy atom. The van der Waals surface area contributed by atoms with Gasteiger partial charge in [-0.25, -0.2) is 0 Å². The second-order valence-corrected chi connectivity index (χ2v) is 10.0. The van der Waals surface area contributed by atoms with E-state index in [9.17, 15) is 20.1 Å². The number of methoxy groups -OCH3 is 1. The van der Waals surface area contributed by atoms with E-state index in [2.05, 4.69) is 12.1 Å². The molecule has 0 bridgehead atoms. The molecule has 3 aromatic rings. The first-order chi connectivity index (χ1) is 19.5. The largest absolute Gasteiger partial charge is 0.497 e. The van der Waals surface area contributed by atoms with Crippen LogP contribution in [0.1, 0.15) is 18.4 Å². The van der Waals surface area contributed by atoms with Crippen LogP contribution in [0.4, 0.5) is 5.69 Å². The number of aryl methyl sites for hydroxylation is 1.